The van der Waals surface area contributed by atoms with Crippen molar-refractivity contribution < 1.29 is 23.1 Å². The molecule has 2 aromatic carbocycles. The van der Waals surface area contributed by atoms with E-state index < -0.39 is 12.5 Å². The number of primary amides is 1. The van der Waals surface area contributed by atoms with Crippen molar-refractivity contribution in [2.24, 2.45) is 5.73 Å². The number of nitrogens with zero attached hydrogens (tertiary/aromatic N) is 3. The second-order valence-corrected chi connectivity index (χ2v) is 8.13. The highest BCUT2D eigenvalue weighted by molar-refractivity contribution is 8.00. The molecule has 0 radical (unpaired) electrons. The van der Waals surface area contributed by atoms with Gasteiger partial charge in [0.05, 0.1) is 17.2 Å². The van der Waals surface area contributed by atoms with E-state index in [9.17, 15) is 18.4 Å². The Morgan fingerprint density at radius 3 is 2.47 bits per heavy atom. The summed E-state index contributed by atoms with van der Waals surface area (Å²) in [6, 6.07) is 12.8. The van der Waals surface area contributed by atoms with Crippen molar-refractivity contribution in [1.29, 1.82) is 0 Å². The molecule has 0 fully saturated rings. The minimum absolute atomic E-state index is 0.00528. The lowest BCUT2D eigenvalue weighted by Crippen LogP contribution is -2.17. The minimum atomic E-state index is -2.91. The molecule has 0 saturated carbocycles. The molecule has 0 saturated heterocycles. The van der Waals surface area contributed by atoms with Gasteiger partial charge >= 0.3 is 6.61 Å². The Kier molecular flexibility index (Phi) is 7.89. The van der Waals surface area contributed by atoms with Gasteiger partial charge < -0.3 is 21.6 Å². The van der Waals surface area contributed by atoms with Gasteiger partial charge in [-0.2, -0.15) is 8.78 Å². The first-order valence-corrected chi connectivity index (χ1v) is 11.0. The fourth-order valence-corrected chi connectivity index (χ4v) is 3.92. The Balaban J connectivity index is 1.61. The molecule has 0 aliphatic carbocycles. The number of aromatic nitrogens is 3. The van der Waals surface area contributed by atoms with Crippen LogP contribution in [0.25, 0.3) is 11.4 Å². The molecule has 0 aliphatic heterocycles. The molecule has 0 bridgehead atoms. The number of carbonyl (C=O) groups excluding carboxylic acids is 2. The third-order valence-corrected chi connectivity index (χ3v) is 5.90. The summed E-state index contributed by atoms with van der Waals surface area (Å²) in [5, 5.41) is 11.0. The van der Waals surface area contributed by atoms with E-state index in [1.54, 1.807) is 24.3 Å². The van der Waals surface area contributed by atoms with Crippen LogP contribution in [-0.2, 0) is 9.59 Å². The normalized spacial score (nSPS) is 10.8. The zero-order valence-corrected chi connectivity index (χ0v) is 18.0. The summed E-state index contributed by atoms with van der Waals surface area (Å²) >= 11 is 2.30. The van der Waals surface area contributed by atoms with E-state index in [4.69, 9.17) is 11.6 Å². The van der Waals surface area contributed by atoms with E-state index in [0.29, 0.717) is 27.1 Å². The number of benzene rings is 2. The quantitative estimate of drug-likeness (QED) is 0.297. The van der Waals surface area contributed by atoms with Crippen LogP contribution in [0.2, 0.25) is 0 Å². The second-order valence-electron chi connectivity index (χ2n) is 6.17. The summed E-state index contributed by atoms with van der Waals surface area (Å²) in [6.07, 6.45) is 0. The first-order chi connectivity index (χ1) is 15.3. The van der Waals surface area contributed by atoms with E-state index in [2.05, 4.69) is 20.3 Å². The predicted molar refractivity (Wildman–Crippen MR) is 118 cm³/mol. The maximum absolute atomic E-state index is 12.4. The van der Waals surface area contributed by atoms with Crippen LogP contribution in [-0.4, -0.2) is 44.8 Å². The summed E-state index contributed by atoms with van der Waals surface area (Å²) in [5.41, 5.74) is 6.28. The lowest BCUT2D eigenvalue weighted by molar-refractivity contribution is -0.115. The molecular weight excluding hydrogens is 462 g/mol. The molecule has 1 heterocycles. The lowest BCUT2D eigenvalue weighted by atomic mass is 10.2. The standard InChI is InChI=1S/C19H18F2N6O3S2/c20-18(21)30-12-7-5-11(6-8-12)17-25-26-19(27(17)23)32-10-16(29)24-13-3-1-2-4-14(13)31-9-15(22)28/h1-8,18H,9-10,23H2,(H2,22,28)(H,24,29). The van der Waals surface area contributed by atoms with Crippen LogP contribution in [0.1, 0.15) is 0 Å². The van der Waals surface area contributed by atoms with Gasteiger partial charge in [0.2, 0.25) is 17.0 Å². The van der Waals surface area contributed by atoms with Crippen LogP contribution >= 0.6 is 23.5 Å². The van der Waals surface area contributed by atoms with Crippen molar-refractivity contribution in [3.8, 4) is 17.1 Å². The molecule has 1 aromatic heterocycles. The Morgan fingerprint density at radius 2 is 1.78 bits per heavy atom. The predicted octanol–water partition coefficient (Wildman–Crippen LogP) is 2.57. The van der Waals surface area contributed by atoms with Crippen molar-refractivity contribution >= 4 is 41.0 Å². The molecule has 13 heteroatoms. The molecule has 0 aliphatic rings. The molecule has 0 atom stereocenters. The van der Waals surface area contributed by atoms with Crippen molar-refractivity contribution in [3.63, 3.8) is 0 Å². The van der Waals surface area contributed by atoms with Crippen molar-refractivity contribution in [2.45, 2.75) is 16.7 Å². The van der Waals surface area contributed by atoms with Crippen LogP contribution in [0.3, 0.4) is 0 Å². The Hall–Kier alpha value is -3.32. The Morgan fingerprint density at radius 1 is 1.06 bits per heavy atom. The fourth-order valence-electron chi connectivity index (χ4n) is 2.52. The van der Waals surface area contributed by atoms with Gasteiger partial charge in [-0.3, -0.25) is 9.59 Å². The smallest absolute Gasteiger partial charge is 0.387 e. The molecule has 2 amide bonds. The number of nitrogens with two attached hydrogens (primary N) is 2. The van der Waals surface area contributed by atoms with Crippen LogP contribution in [0.4, 0.5) is 14.5 Å². The van der Waals surface area contributed by atoms with E-state index in [1.807, 2.05) is 0 Å². The number of thioether (sulfide) groups is 2. The van der Waals surface area contributed by atoms with Gasteiger partial charge in [-0.1, -0.05) is 23.9 Å². The number of hydrogen-bond acceptors (Lipinski definition) is 8. The number of halogens is 2. The topological polar surface area (TPSA) is 138 Å². The average molecular weight is 481 g/mol. The van der Waals surface area contributed by atoms with Gasteiger partial charge in [0.15, 0.2) is 5.82 Å². The molecule has 168 valence electrons. The first kappa shape index (κ1) is 23.3. The number of nitrogens with one attached hydrogen (secondary N) is 1. The fraction of sp³-hybridized carbons (Fsp3) is 0.158. The highest BCUT2D eigenvalue weighted by atomic mass is 32.2. The van der Waals surface area contributed by atoms with Crippen LogP contribution in [0.5, 0.6) is 5.75 Å². The minimum Gasteiger partial charge on any atom is -0.435 e. The number of para-hydroxylation sites is 1. The zero-order chi connectivity index (χ0) is 23.1. The zero-order valence-electron chi connectivity index (χ0n) is 16.4. The van der Waals surface area contributed by atoms with Crippen LogP contribution < -0.4 is 21.6 Å². The van der Waals surface area contributed by atoms with Crippen molar-refractivity contribution in [3.05, 3.63) is 48.5 Å². The second kappa shape index (κ2) is 10.8. The van der Waals surface area contributed by atoms with Gasteiger partial charge in [-0.15, -0.1) is 22.0 Å². The summed E-state index contributed by atoms with van der Waals surface area (Å²) in [4.78, 5) is 24.1. The number of alkyl halides is 2. The number of carbonyl (C=O) groups is 2. The number of nitrogen functional groups attached to an aromatic ring is 1. The van der Waals surface area contributed by atoms with Crippen molar-refractivity contribution in [2.75, 3.05) is 22.7 Å². The molecule has 5 N–H and O–H groups in total. The summed E-state index contributed by atoms with van der Waals surface area (Å²) in [7, 11) is 0. The molecule has 9 nitrogen and oxygen atoms in total. The van der Waals surface area contributed by atoms with E-state index in [0.717, 1.165) is 11.8 Å². The molecule has 3 rings (SSSR count). The van der Waals surface area contributed by atoms with Crippen molar-refractivity contribution in [1.82, 2.24) is 14.9 Å². The summed E-state index contributed by atoms with van der Waals surface area (Å²) in [5.74, 6) is 5.66. The first-order valence-electron chi connectivity index (χ1n) is 9.02. The number of ether oxygens (including phenoxy) is 1. The highest BCUT2D eigenvalue weighted by Gasteiger charge is 2.15. The third-order valence-electron chi connectivity index (χ3n) is 3.87. The van der Waals surface area contributed by atoms with Gasteiger partial charge in [-0.05, 0) is 36.4 Å². The van der Waals surface area contributed by atoms with Crippen LogP contribution in [0, 0.1) is 0 Å². The average Bonchev–Trinajstić information content (AvgIpc) is 3.12. The number of anilines is 1. The van der Waals surface area contributed by atoms with Gasteiger partial charge in [0.25, 0.3) is 0 Å². The van der Waals surface area contributed by atoms with Gasteiger partial charge in [-0.25, -0.2) is 4.68 Å². The third kappa shape index (κ3) is 6.34. The molecular formula is C19H18F2N6O3S2. The van der Waals surface area contributed by atoms with E-state index >= 15 is 0 Å². The molecule has 3 aromatic rings. The molecule has 32 heavy (non-hydrogen) atoms. The summed E-state index contributed by atoms with van der Waals surface area (Å²) in [6.45, 7) is -2.91. The van der Waals surface area contributed by atoms with E-state index in [1.165, 1.54) is 40.7 Å². The Labute approximate surface area is 189 Å². The number of amides is 2. The van der Waals surface area contributed by atoms with E-state index in [-0.39, 0.29) is 23.2 Å². The maximum atomic E-state index is 12.4. The largest absolute Gasteiger partial charge is 0.435 e. The SMILES string of the molecule is NC(=O)CSc1ccccc1NC(=O)CSc1nnc(-c2ccc(OC(F)F)cc2)n1N. The Bertz CT molecular complexity index is 1090. The number of rotatable bonds is 10. The lowest BCUT2D eigenvalue weighted by Gasteiger charge is -2.10. The van der Waals surface area contributed by atoms with Gasteiger partial charge in [0, 0.05) is 10.5 Å². The molecule has 0 spiro atoms. The van der Waals surface area contributed by atoms with Crippen LogP contribution in [0.15, 0.2) is 58.6 Å². The maximum Gasteiger partial charge on any atom is 0.387 e. The highest BCUT2D eigenvalue weighted by Crippen LogP contribution is 2.28. The number of hydrogen-bond donors (Lipinski definition) is 3. The van der Waals surface area contributed by atoms with Gasteiger partial charge in [0.1, 0.15) is 5.75 Å². The monoisotopic (exact) mass is 480 g/mol. The molecule has 0 unspecified atom stereocenters. The summed E-state index contributed by atoms with van der Waals surface area (Å²) < 4.78 is 30.1.